The van der Waals surface area contributed by atoms with Gasteiger partial charge in [0.05, 0.1) is 6.61 Å². The van der Waals surface area contributed by atoms with Crippen LogP contribution in [0.4, 0.5) is 0 Å². The normalized spacial score (nSPS) is 15.2. The first-order valence-electron chi connectivity index (χ1n) is 10.0. The van der Waals surface area contributed by atoms with Crippen LogP contribution in [0.15, 0.2) is 48.5 Å². The largest absolute Gasteiger partial charge is 0.508 e. The zero-order valence-corrected chi connectivity index (χ0v) is 18.6. The van der Waals surface area contributed by atoms with Gasteiger partial charge in [0.1, 0.15) is 17.5 Å². The van der Waals surface area contributed by atoms with Crippen molar-refractivity contribution in [1.29, 1.82) is 0 Å². The van der Waals surface area contributed by atoms with Gasteiger partial charge in [0.25, 0.3) is 0 Å². The van der Waals surface area contributed by atoms with Crippen molar-refractivity contribution in [2.45, 2.75) is 45.2 Å². The summed E-state index contributed by atoms with van der Waals surface area (Å²) in [7, 11) is -3.08. The monoisotopic (exact) mass is 434 g/mol. The summed E-state index contributed by atoms with van der Waals surface area (Å²) in [5.41, 5.74) is 1.81. The fourth-order valence-electron chi connectivity index (χ4n) is 3.14. The second kappa shape index (κ2) is 11.2. The molecule has 2 aromatic rings. The molecule has 0 radical (unpaired) electrons. The Hall–Kier alpha value is -2.34. The number of benzene rings is 2. The van der Waals surface area contributed by atoms with Crippen molar-refractivity contribution >= 4 is 13.4 Å². The number of carbonyl (C=O) groups excluding carboxylic acids is 1. The maximum Gasteiger partial charge on any atom is 0.323 e. The van der Waals surface area contributed by atoms with Gasteiger partial charge in [0, 0.05) is 12.7 Å². The highest BCUT2D eigenvalue weighted by Crippen LogP contribution is 2.33. The molecular weight excluding hydrogens is 403 g/mol. The lowest BCUT2D eigenvalue weighted by atomic mass is 10.1. The van der Waals surface area contributed by atoms with E-state index in [2.05, 4.69) is 10.2 Å². The highest BCUT2D eigenvalue weighted by Gasteiger charge is 2.28. The lowest BCUT2D eigenvalue weighted by Crippen LogP contribution is -2.42. The van der Waals surface area contributed by atoms with E-state index >= 15 is 0 Å². The SMILES string of the molecule is CCCOC(=O)C(Cc1ccc(O)cc1)NP(C)(=O)NC(C)Cc1ccc(O)cc1. The molecule has 7 nitrogen and oxygen atoms in total. The molecule has 0 saturated carbocycles. The third-order valence-corrected chi connectivity index (χ3v) is 6.19. The van der Waals surface area contributed by atoms with Crippen LogP contribution in [0.5, 0.6) is 11.5 Å². The molecule has 0 bridgehead atoms. The molecule has 3 unspecified atom stereocenters. The van der Waals surface area contributed by atoms with E-state index in [9.17, 15) is 19.6 Å². The smallest absolute Gasteiger partial charge is 0.323 e. The number of phenolic OH excluding ortho intramolecular Hbond substituents is 2. The van der Waals surface area contributed by atoms with Gasteiger partial charge in [-0.25, -0.2) is 5.09 Å². The van der Waals surface area contributed by atoms with Crippen LogP contribution >= 0.6 is 7.44 Å². The fraction of sp³-hybridized carbons (Fsp3) is 0.409. The molecule has 0 aromatic heterocycles. The van der Waals surface area contributed by atoms with Gasteiger partial charge in [-0.15, -0.1) is 0 Å². The Morgan fingerprint density at radius 2 is 1.47 bits per heavy atom. The van der Waals surface area contributed by atoms with Crippen LogP contribution in [-0.4, -0.2) is 41.5 Å². The zero-order chi connectivity index (χ0) is 22.1. The molecule has 2 rings (SSSR count). The molecule has 4 N–H and O–H groups in total. The minimum atomic E-state index is -3.08. The van der Waals surface area contributed by atoms with Crippen LogP contribution in [0, 0.1) is 0 Å². The third-order valence-electron chi connectivity index (χ3n) is 4.46. The Bertz CT molecular complexity index is 855. The van der Waals surface area contributed by atoms with Crippen LogP contribution in [0.1, 0.15) is 31.4 Å². The number of rotatable bonds is 11. The first-order chi connectivity index (χ1) is 14.2. The number of aromatic hydroxyl groups is 2. The van der Waals surface area contributed by atoms with Crippen LogP contribution in [0.2, 0.25) is 0 Å². The van der Waals surface area contributed by atoms with Gasteiger partial charge in [0.2, 0.25) is 7.44 Å². The summed E-state index contributed by atoms with van der Waals surface area (Å²) in [4.78, 5) is 12.6. The van der Waals surface area contributed by atoms with E-state index < -0.39 is 19.5 Å². The predicted octanol–water partition coefficient (Wildman–Crippen LogP) is 3.60. The first kappa shape index (κ1) is 23.9. The number of carbonyl (C=O) groups is 1. The highest BCUT2D eigenvalue weighted by atomic mass is 31.2. The number of hydrogen-bond acceptors (Lipinski definition) is 5. The molecule has 0 spiro atoms. The van der Waals surface area contributed by atoms with Crippen molar-refractivity contribution in [2.24, 2.45) is 0 Å². The van der Waals surface area contributed by atoms with E-state index in [1.807, 2.05) is 26.0 Å². The van der Waals surface area contributed by atoms with Crippen molar-refractivity contribution in [3.05, 3.63) is 59.7 Å². The second-order valence-corrected chi connectivity index (χ2v) is 9.91. The molecule has 0 amide bonds. The van der Waals surface area contributed by atoms with Gasteiger partial charge in [-0.1, -0.05) is 31.2 Å². The van der Waals surface area contributed by atoms with Crippen LogP contribution in [0.3, 0.4) is 0 Å². The quantitative estimate of drug-likeness (QED) is 0.316. The van der Waals surface area contributed by atoms with Gasteiger partial charge in [0.15, 0.2) is 0 Å². The van der Waals surface area contributed by atoms with Crippen LogP contribution < -0.4 is 10.2 Å². The van der Waals surface area contributed by atoms with E-state index in [4.69, 9.17) is 4.74 Å². The van der Waals surface area contributed by atoms with Gasteiger partial charge in [-0.05, 0) is 61.6 Å². The van der Waals surface area contributed by atoms with E-state index in [-0.39, 0.29) is 24.0 Å². The highest BCUT2D eigenvalue weighted by molar-refractivity contribution is 7.59. The number of phenols is 2. The summed E-state index contributed by atoms with van der Waals surface area (Å²) in [5, 5.41) is 24.9. The van der Waals surface area contributed by atoms with Crippen molar-refractivity contribution in [3.63, 3.8) is 0 Å². The maximum atomic E-state index is 13.2. The number of esters is 1. The van der Waals surface area contributed by atoms with Gasteiger partial charge < -0.3 is 14.9 Å². The molecule has 30 heavy (non-hydrogen) atoms. The number of nitrogens with one attached hydrogen (secondary N) is 2. The average molecular weight is 434 g/mol. The van der Waals surface area contributed by atoms with Crippen LogP contribution in [-0.2, 0) is 26.9 Å². The molecular formula is C22H31N2O5P. The van der Waals surface area contributed by atoms with Gasteiger partial charge in [-0.2, -0.15) is 0 Å². The zero-order valence-electron chi connectivity index (χ0n) is 17.7. The molecule has 0 aliphatic heterocycles. The third kappa shape index (κ3) is 8.19. The minimum absolute atomic E-state index is 0.126. The van der Waals surface area contributed by atoms with Crippen molar-refractivity contribution in [3.8, 4) is 11.5 Å². The summed E-state index contributed by atoms with van der Waals surface area (Å²) < 4.78 is 18.5. The van der Waals surface area contributed by atoms with E-state index in [1.54, 1.807) is 43.1 Å². The van der Waals surface area contributed by atoms with Crippen molar-refractivity contribution in [1.82, 2.24) is 10.2 Å². The Labute approximate surface area is 178 Å². The molecule has 164 valence electrons. The van der Waals surface area contributed by atoms with E-state index in [0.29, 0.717) is 19.4 Å². The summed E-state index contributed by atoms with van der Waals surface area (Å²) in [6.45, 7) is 5.67. The molecule has 2 aromatic carbocycles. The van der Waals surface area contributed by atoms with Crippen LogP contribution in [0.25, 0.3) is 0 Å². The summed E-state index contributed by atoms with van der Waals surface area (Å²) in [6, 6.07) is 12.5. The maximum absolute atomic E-state index is 13.2. The standard InChI is InChI=1S/C22H31N2O5P/c1-4-13-29-22(27)21(15-18-7-11-20(26)12-8-18)24-30(3,28)23-16(2)14-17-5-9-19(25)10-6-17/h5-12,16,21,25-26H,4,13-15H2,1-3H3,(H2,23,24,28). The van der Waals surface area contributed by atoms with Crippen molar-refractivity contribution < 1.29 is 24.3 Å². The molecule has 0 fully saturated rings. The molecule has 0 aliphatic carbocycles. The van der Waals surface area contributed by atoms with E-state index in [1.165, 1.54) is 0 Å². The minimum Gasteiger partial charge on any atom is -0.508 e. The Morgan fingerprint density at radius 1 is 0.967 bits per heavy atom. The van der Waals surface area contributed by atoms with Gasteiger partial charge >= 0.3 is 5.97 Å². The number of ether oxygens (including phenoxy) is 1. The summed E-state index contributed by atoms with van der Waals surface area (Å²) in [5.74, 6) is -0.118. The van der Waals surface area contributed by atoms with E-state index in [0.717, 1.165) is 11.1 Å². The first-order valence-corrected chi connectivity index (χ1v) is 12.2. The lowest BCUT2D eigenvalue weighted by molar-refractivity contribution is -0.145. The Balaban J connectivity index is 2.04. The Kier molecular flexibility index (Phi) is 8.90. The fourth-order valence-corrected chi connectivity index (χ4v) is 4.94. The average Bonchev–Trinajstić information content (AvgIpc) is 2.68. The molecule has 3 atom stereocenters. The molecule has 8 heteroatoms. The summed E-state index contributed by atoms with van der Waals surface area (Å²) in [6.07, 6.45) is 1.60. The van der Waals surface area contributed by atoms with Gasteiger partial charge in [-0.3, -0.25) is 14.4 Å². The predicted molar refractivity (Wildman–Crippen MR) is 118 cm³/mol. The topological polar surface area (TPSA) is 108 Å². The summed E-state index contributed by atoms with van der Waals surface area (Å²) >= 11 is 0. The Morgan fingerprint density at radius 3 is 1.97 bits per heavy atom. The number of hydrogen-bond donors (Lipinski definition) is 4. The molecule has 0 saturated heterocycles. The van der Waals surface area contributed by atoms with Crippen molar-refractivity contribution in [2.75, 3.05) is 13.3 Å². The second-order valence-electron chi connectivity index (χ2n) is 7.54. The molecule has 0 heterocycles. The lowest BCUT2D eigenvalue weighted by Gasteiger charge is -2.26. The molecule has 0 aliphatic rings.